The lowest BCUT2D eigenvalue weighted by Gasteiger charge is -2.53. The molecule has 0 spiro atoms. The first kappa shape index (κ1) is 43.2. The Kier molecular flexibility index (Phi) is 12.9. The predicted molar refractivity (Wildman–Crippen MR) is 198 cm³/mol. The molecule has 51 heavy (non-hydrogen) atoms. The number of nitrogens with one attached hydrogen (secondary N) is 1. The van der Waals surface area contributed by atoms with Gasteiger partial charge in [-0.05, 0) is 111 Å². The number of carbonyl (C=O) groups is 4. The molecule has 0 radical (unpaired) electrons. The molecule has 0 aromatic carbocycles. The van der Waals surface area contributed by atoms with Crippen LogP contribution in [0.3, 0.4) is 0 Å². The van der Waals surface area contributed by atoms with Crippen molar-refractivity contribution >= 4 is 23.9 Å². The quantitative estimate of drug-likeness (QED) is 0.194. The summed E-state index contributed by atoms with van der Waals surface area (Å²) >= 11 is 0. The molecule has 0 amide bonds. The number of rotatable bonds is 11. The molecule has 0 aromatic heterocycles. The topological polar surface area (TPSA) is 124 Å². The first-order chi connectivity index (χ1) is 23.0. The van der Waals surface area contributed by atoms with Crippen molar-refractivity contribution in [2.24, 2.45) is 11.8 Å². The van der Waals surface area contributed by atoms with Crippen molar-refractivity contribution in [1.82, 2.24) is 15.1 Å². The Morgan fingerprint density at radius 3 is 1.22 bits per heavy atom. The van der Waals surface area contributed by atoms with E-state index >= 15 is 0 Å². The van der Waals surface area contributed by atoms with Gasteiger partial charge in [0.2, 0.25) is 0 Å². The average Bonchev–Trinajstić information content (AvgIpc) is 2.89. The van der Waals surface area contributed by atoms with Gasteiger partial charge in [-0.25, -0.2) is 0 Å². The normalized spacial score (nSPS) is 26.1. The van der Waals surface area contributed by atoms with E-state index in [9.17, 15) is 19.2 Å². The van der Waals surface area contributed by atoms with E-state index in [4.69, 9.17) is 18.9 Å². The molecule has 3 fully saturated rings. The molecule has 3 rings (SSSR count). The Balaban J connectivity index is 1.93. The highest BCUT2D eigenvalue weighted by atomic mass is 16.6. The lowest BCUT2D eigenvalue weighted by molar-refractivity contribution is -0.178. The molecule has 11 nitrogen and oxygen atoms in total. The smallest absolute Gasteiger partial charge is 0.310 e. The summed E-state index contributed by atoms with van der Waals surface area (Å²) in [7, 11) is 4.14. The Morgan fingerprint density at radius 2 is 0.863 bits per heavy atom. The minimum Gasteiger partial charge on any atom is -0.463 e. The van der Waals surface area contributed by atoms with Crippen LogP contribution in [0.25, 0.3) is 0 Å². The molecule has 3 heterocycles. The highest BCUT2D eigenvalue weighted by molar-refractivity contribution is 5.88. The highest BCUT2D eigenvalue weighted by Crippen LogP contribution is 2.41. The second-order valence-corrected chi connectivity index (χ2v) is 19.9. The minimum atomic E-state index is -1.31. The number of nitrogens with zero attached hydrogens (tertiary/aromatic N) is 2. The van der Waals surface area contributed by atoms with Gasteiger partial charge in [0.15, 0.2) is 0 Å². The van der Waals surface area contributed by atoms with E-state index in [1.807, 2.05) is 0 Å². The maximum Gasteiger partial charge on any atom is 0.310 e. The fourth-order valence-electron chi connectivity index (χ4n) is 9.22. The van der Waals surface area contributed by atoms with Crippen molar-refractivity contribution in [3.63, 3.8) is 0 Å². The van der Waals surface area contributed by atoms with E-state index in [1.54, 1.807) is 13.8 Å². The van der Waals surface area contributed by atoms with Crippen molar-refractivity contribution in [3.8, 4) is 0 Å². The largest absolute Gasteiger partial charge is 0.463 e. The van der Waals surface area contributed by atoms with E-state index in [0.717, 1.165) is 0 Å². The Hall–Kier alpha value is -2.24. The van der Waals surface area contributed by atoms with Gasteiger partial charge in [0, 0.05) is 71.8 Å². The monoisotopic (exact) mass is 722 g/mol. The summed E-state index contributed by atoms with van der Waals surface area (Å²) in [5.74, 6) is -5.30. The maximum atomic E-state index is 14.3. The molecule has 0 aliphatic carbocycles. The number of ether oxygens (including phenoxy) is 4. The number of likely N-dealkylation sites (tertiary alicyclic amines) is 2. The van der Waals surface area contributed by atoms with E-state index in [1.165, 1.54) is 0 Å². The van der Waals surface area contributed by atoms with Crippen molar-refractivity contribution in [3.05, 3.63) is 0 Å². The standard InChI is InChI=1S/C40H71N3O8/c1-25(2)48-33(46)29(17-32(45)50-27-21-37(7,8)42(15)38(9,10)22-27)30(18-31(44)49-26-19-35(3,4)41-36(5,6)20-26)34(47)51-28-23-39(11,12)43(16)40(13,14)24-28/h25-30,41H,17-24H2,1-16H3. The van der Waals surface area contributed by atoms with E-state index in [0.29, 0.717) is 38.5 Å². The first-order valence-corrected chi connectivity index (χ1v) is 19.0. The van der Waals surface area contributed by atoms with Gasteiger partial charge < -0.3 is 24.3 Å². The third-order valence-electron chi connectivity index (χ3n) is 11.8. The second-order valence-electron chi connectivity index (χ2n) is 19.9. The molecular formula is C40H71N3O8. The van der Waals surface area contributed by atoms with Crippen LogP contribution in [-0.4, -0.2) is 105 Å². The van der Waals surface area contributed by atoms with Gasteiger partial charge in [-0.1, -0.05) is 0 Å². The van der Waals surface area contributed by atoms with Gasteiger partial charge in [-0.3, -0.25) is 29.0 Å². The summed E-state index contributed by atoms with van der Waals surface area (Å²) < 4.78 is 24.0. The van der Waals surface area contributed by atoms with Crippen LogP contribution in [0, 0.1) is 11.8 Å². The van der Waals surface area contributed by atoms with Crippen molar-refractivity contribution in [1.29, 1.82) is 0 Å². The summed E-state index contributed by atoms with van der Waals surface area (Å²) in [4.78, 5) is 60.3. The number of carbonyl (C=O) groups excluding carboxylic acids is 4. The lowest BCUT2D eigenvalue weighted by Crippen LogP contribution is -2.60. The van der Waals surface area contributed by atoms with Crippen LogP contribution >= 0.6 is 0 Å². The minimum absolute atomic E-state index is 0.230. The zero-order valence-corrected chi connectivity index (χ0v) is 34.8. The van der Waals surface area contributed by atoms with Crippen LogP contribution in [0.5, 0.6) is 0 Å². The van der Waals surface area contributed by atoms with Crippen molar-refractivity contribution < 1.29 is 38.1 Å². The Labute approximate surface area is 308 Å². The van der Waals surface area contributed by atoms with Crippen molar-refractivity contribution in [2.45, 2.75) is 206 Å². The molecule has 294 valence electrons. The fourth-order valence-corrected chi connectivity index (χ4v) is 9.22. The van der Waals surface area contributed by atoms with Crippen LogP contribution in [-0.2, 0) is 38.1 Å². The molecule has 11 heteroatoms. The van der Waals surface area contributed by atoms with Crippen molar-refractivity contribution in [2.75, 3.05) is 14.1 Å². The van der Waals surface area contributed by atoms with Gasteiger partial charge in [-0.2, -0.15) is 0 Å². The maximum absolute atomic E-state index is 14.3. The van der Waals surface area contributed by atoms with E-state index in [-0.39, 0.29) is 39.3 Å². The summed E-state index contributed by atoms with van der Waals surface area (Å²) in [6.07, 6.45) is 0.947. The zero-order valence-electron chi connectivity index (χ0n) is 34.8. The molecule has 2 atom stereocenters. The summed E-state index contributed by atoms with van der Waals surface area (Å²) in [6.45, 7) is 28.6. The van der Waals surface area contributed by atoms with Crippen LogP contribution < -0.4 is 5.32 Å². The molecule has 3 aliphatic heterocycles. The summed E-state index contributed by atoms with van der Waals surface area (Å²) in [6, 6.07) is 0. The Morgan fingerprint density at radius 1 is 0.549 bits per heavy atom. The van der Waals surface area contributed by atoms with E-state index in [2.05, 4.69) is 112 Å². The number of esters is 4. The molecule has 3 aliphatic rings. The average molecular weight is 722 g/mol. The van der Waals surface area contributed by atoms with E-state index < -0.39 is 66.9 Å². The van der Waals surface area contributed by atoms with Gasteiger partial charge >= 0.3 is 23.9 Å². The van der Waals surface area contributed by atoms with Crippen LogP contribution in [0.15, 0.2) is 0 Å². The SMILES string of the molecule is CC(C)OC(=O)C(CC(=O)OC1CC(C)(C)N(C)C(C)(C)C1)C(CC(=O)OC1CC(C)(C)NC(C)(C)C1)C(=O)OC1CC(C)(C)N(C)C(C)(C)C1. The Bertz CT molecular complexity index is 1230. The van der Waals surface area contributed by atoms with Gasteiger partial charge in [0.1, 0.15) is 18.3 Å². The number of hydrogen-bond donors (Lipinski definition) is 1. The molecular weight excluding hydrogens is 650 g/mol. The molecule has 0 aromatic rings. The van der Waals surface area contributed by atoms with Crippen LogP contribution in [0.4, 0.5) is 0 Å². The van der Waals surface area contributed by atoms with Crippen LogP contribution in [0.1, 0.15) is 148 Å². The lowest BCUT2D eigenvalue weighted by atomic mass is 9.78. The second kappa shape index (κ2) is 15.2. The van der Waals surface area contributed by atoms with Gasteiger partial charge in [0.05, 0.1) is 30.8 Å². The zero-order chi connectivity index (χ0) is 39.1. The van der Waals surface area contributed by atoms with Gasteiger partial charge in [-0.15, -0.1) is 0 Å². The highest BCUT2D eigenvalue weighted by Gasteiger charge is 2.49. The number of piperidine rings is 3. The molecule has 2 unspecified atom stereocenters. The molecule has 3 saturated heterocycles. The third-order valence-corrected chi connectivity index (χ3v) is 11.8. The molecule has 0 bridgehead atoms. The number of hydrogen-bond acceptors (Lipinski definition) is 11. The van der Waals surface area contributed by atoms with Gasteiger partial charge in [0.25, 0.3) is 0 Å². The predicted octanol–water partition coefficient (Wildman–Crippen LogP) is 6.19. The van der Waals surface area contributed by atoms with Crippen LogP contribution in [0.2, 0.25) is 0 Å². The summed E-state index contributed by atoms with van der Waals surface area (Å²) in [5.41, 5.74) is -1.55. The molecule has 1 N–H and O–H groups in total. The first-order valence-electron chi connectivity index (χ1n) is 19.0. The summed E-state index contributed by atoms with van der Waals surface area (Å²) in [5, 5.41) is 3.59. The molecule has 0 saturated carbocycles. The third kappa shape index (κ3) is 11.4. The fraction of sp³-hybridized carbons (Fsp3) is 0.900.